The average molecular weight is 312 g/mol. The van der Waals surface area contributed by atoms with Crippen LogP contribution in [0, 0.1) is 5.92 Å². The van der Waals surface area contributed by atoms with E-state index in [0.29, 0.717) is 23.9 Å². The first-order valence-electron chi connectivity index (χ1n) is 5.80. The van der Waals surface area contributed by atoms with E-state index in [9.17, 15) is 13.2 Å². The second-order valence-electron chi connectivity index (χ2n) is 4.36. The third kappa shape index (κ3) is 3.66. The molecule has 2 heterocycles. The van der Waals surface area contributed by atoms with Gasteiger partial charge in [-0.15, -0.1) is 0 Å². The van der Waals surface area contributed by atoms with Crippen LogP contribution in [0.2, 0.25) is 5.15 Å². The quantitative estimate of drug-likeness (QED) is 0.474. The zero-order valence-electron chi connectivity index (χ0n) is 10.2. The van der Waals surface area contributed by atoms with E-state index in [0.717, 1.165) is 0 Å². The molecule has 0 amide bonds. The summed E-state index contributed by atoms with van der Waals surface area (Å²) < 4.78 is 38.3. The van der Waals surface area contributed by atoms with Crippen LogP contribution in [-0.4, -0.2) is 35.5 Å². The number of thioether (sulfide) groups is 1. The van der Waals surface area contributed by atoms with Crippen LogP contribution in [-0.2, 0) is 0 Å². The maximum atomic E-state index is 12.8. The van der Waals surface area contributed by atoms with Crippen molar-refractivity contribution < 1.29 is 13.2 Å². The van der Waals surface area contributed by atoms with Crippen molar-refractivity contribution in [1.29, 1.82) is 0 Å². The normalized spacial score (nSPS) is 20.7. The minimum Gasteiger partial charge on any atom is -0.356 e. The molecule has 1 aliphatic heterocycles. The molecule has 2 rings (SSSR count). The van der Waals surface area contributed by atoms with Gasteiger partial charge >= 0.3 is 6.18 Å². The lowest BCUT2D eigenvalue weighted by Crippen LogP contribution is -2.42. The molecule has 1 aromatic heterocycles. The van der Waals surface area contributed by atoms with Gasteiger partial charge in [0.15, 0.2) is 5.16 Å². The summed E-state index contributed by atoms with van der Waals surface area (Å²) in [6.07, 6.45) is -1.68. The molecule has 19 heavy (non-hydrogen) atoms. The number of rotatable bonds is 2. The van der Waals surface area contributed by atoms with Gasteiger partial charge in [0.25, 0.3) is 0 Å². The van der Waals surface area contributed by atoms with Crippen molar-refractivity contribution in [3.8, 4) is 0 Å². The van der Waals surface area contributed by atoms with Crippen LogP contribution in [0.5, 0.6) is 0 Å². The maximum Gasteiger partial charge on any atom is 0.393 e. The van der Waals surface area contributed by atoms with Crippen LogP contribution in [0.3, 0.4) is 0 Å². The molecule has 0 aromatic carbocycles. The van der Waals surface area contributed by atoms with Gasteiger partial charge in [-0.1, -0.05) is 23.4 Å². The summed E-state index contributed by atoms with van der Waals surface area (Å²) in [5.74, 6) is -0.828. The SMILES string of the molecule is CSc1nc(Cl)cc(N2CCCC(C(F)(F)F)C2)n1. The molecule has 0 aliphatic carbocycles. The molecule has 3 nitrogen and oxygen atoms in total. The van der Waals surface area contributed by atoms with E-state index >= 15 is 0 Å². The molecule has 1 aromatic rings. The Hall–Kier alpha value is -0.690. The Labute approximate surface area is 118 Å². The van der Waals surface area contributed by atoms with Crippen molar-refractivity contribution in [1.82, 2.24) is 9.97 Å². The number of halogens is 4. The first kappa shape index (κ1) is 14.7. The van der Waals surface area contributed by atoms with Crippen LogP contribution in [0.15, 0.2) is 11.2 Å². The van der Waals surface area contributed by atoms with E-state index in [1.54, 1.807) is 11.2 Å². The van der Waals surface area contributed by atoms with Gasteiger partial charge in [0, 0.05) is 19.2 Å². The highest BCUT2D eigenvalue weighted by atomic mass is 35.5. The summed E-state index contributed by atoms with van der Waals surface area (Å²) in [6.45, 7) is 0.498. The molecule has 1 saturated heterocycles. The molecule has 0 N–H and O–H groups in total. The number of aromatic nitrogens is 2. The number of hydrogen-bond acceptors (Lipinski definition) is 4. The van der Waals surface area contributed by atoms with Crippen molar-refractivity contribution >= 4 is 29.2 Å². The Bertz CT molecular complexity index is 455. The molecule has 1 aliphatic rings. The maximum absolute atomic E-state index is 12.8. The van der Waals surface area contributed by atoms with Gasteiger partial charge in [0.1, 0.15) is 11.0 Å². The number of hydrogen-bond donors (Lipinski definition) is 0. The topological polar surface area (TPSA) is 29.0 Å². The summed E-state index contributed by atoms with van der Waals surface area (Å²) in [5, 5.41) is 0.722. The van der Waals surface area contributed by atoms with Gasteiger partial charge in [0.05, 0.1) is 5.92 Å². The van der Waals surface area contributed by atoms with Crippen molar-refractivity contribution in [2.75, 3.05) is 24.2 Å². The minimum atomic E-state index is -4.15. The fraction of sp³-hybridized carbons (Fsp3) is 0.636. The number of piperidine rings is 1. The zero-order chi connectivity index (χ0) is 14.0. The lowest BCUT2D eigenvalue weighted by molar-refractivity contribution is -0.176. The lowest BCUT2D eigenvalue weighted by atomic mass is 9.97. The first-order chi connectivity index (χ1) is 8.90. The highest BCUT2D eigenvalue weighted by molar-refractivity contribution is 7.98. The van der Waals surface area contributed by atoms with Crippen LogP contribution >= 0.6 is 23.4 Å². The van der Waals surface area contributed by atoms with Crippen molar-refractivity contribution in [3.05, 3.63) is 11.2 Å². The number of anilines is 1. The molecule has 0 saturated carbocycles. The minimum absolute atomic E-state index is 0.0648. The van der Waals surface area contributed by atoms with Gasteiger partial charge in [-0.05, 0) is 19.1 Å². The fourth-order valence-corrected chi connectivity index (χ4v) is 2.69. The van der Waals surface area contributed by atoms with Gasteiger partial charge in [-0.2, -0.15) is 13.2 Å². The second kappa shape index (κ2) is 5.75. The number of alkyl halides is 3. The van der Waals surface area contributed by atoms with Crippen molar-refractivity contribution in [2.24, 2.45) is 5.92 Å². The van der Waals surface area contributed by atoms with Crippen LogP contribution < -0.4 is 4.90 Å². The summed E-state index contributed by atoms with van der Waals surface area (Å²) in [7, 11) is 0. The Balaban J connectivity index is 2.19. The third-order valence-electron chi connectivity index (χ3n) is 3.05. The molecule has 0 radical (unpaired) electrons. The van der Waals surface area contributed by atoms with Gasteiger partial charge in [-0.25, -0.2) is 9.97 Å². The van der Waals surface area contributed by atoms with Crippen molar-refractivity contribution in [3.63, 3.8) is 0 Å². The molecule has 0 bridgehead atoms. The molecule has 0 spiro atoms. The summed E-state index contributed by atoms with van der Waals surface area (Å²) >= 11 is 7.17. The Morgan fingerprint density at radius 2 is 2.16 bits per heavy atom. The molecule has 1 atom stereocenters. The Kier molecular flexibility index (Phi) is 4.45. The Morgan fingerprint density at radius 1 is 1.42 bits per heavy atom. The fourth-order valence-electron chi connectivity index (χ4n) is 2.09. The van der Waals surface area contributed by atoms with Gasteiger partial charge in [0.2, 0.25) is 0 Å². The first-order valence-corrected chi connectivity index (χ1v) is 7.40. The van der Waals surface area contributed by atoms with Crippen LogP contribution in [0.25, 0.3) is 0 Å². The van der Waals surface area contributed by atoms with Gasteiger partial charge in [-0.3, -0.25) is 0 Å². The average Bonchev–Trinajstić information content (AvgIpc) is 2.37. The monoisotopic (exact) mass is 311 g/mol. The number of nitrogens with zero attached hydrogens (tertiary/aromatic N) is 3. The summed E-state index contributed by atoms with van der Waals surface area (Å²) in [5.41, 5.74) is 0. The van der Waals surface area contributed by atoms with Crippen molar-refractivity contribution in [2.45, 2.75) is 24.2 Å². The van der Waals surface area contributed by atoms with E-state index in [1.165, 1.54) is 17.8 Å². The molecule has 8 heteroatoms. The van der Waals surface area contributed by atoms with E-state index < -0.39 is 12.1 Å². The summed E-state index contributed by atoms with van der Waals surface area (Å²) in [4.78, 5) is 9.84. The van der Waals surface area contributed by atoms with Crippen LogP contribution in [0.1, 0.15) is 12.8 Å². The third-order valence-corrected chi connectivity index (χ3v) is 3.79. The predicted octanol–water partition coefficient (Wildman–Crippen LogP) is 3.63. The molecule has 1 fully saturated rings. The standard InChI is InChI=1S/C11H13ClF3N3S/c1-19-10-16-8(12)5-9(17-10)18-4-2-3-7(6-18)11(13,14)15/h5,7H,2-4,6H2,1H3. The molecule has 1 unspecified atom stereocenters. The second-order valence-corrected chi connectivity index (χ2v) is 5.52. The van der Waals surface area contributed by atoms with E-state index in [2.05, 4.69) is 9.97 Å². The van der Waals surface area contributed by atoms with E-state index in [4.69, 9.17) is 11.6 Å². The van der Waals surface area contributed by atoms with Crippen LogP contribution in [0.4, 0.5) is 19.0 Å². The lowest BCUT2D eigenvalue weighted by Gasteiger charge is -2.34. The molecule has 106 valence electrons. The predicted molar refractivity (Wildman–Crippen MR) is 69.8 cm³/mol. The highest BCUT2D eigenvalue weighted by Gasteiger charge is 2.42. The van der Waals surface area contributed by atoms with E-state index in [1.807, 2.05) is 0 Å². The largest absolute Gasteiger partial charge is 0.393 e. The summed E-state index contributed by atoms with van der Waals surface area (Å²) in [6, 6.07) is 1.51. The zero-order valence-corrected chi connectivity index (χ0v) is 11.8. The highest BCUT2D eigenvalue weighted by Crippen LogP contribution is 2.34. The van der Waals surface area contributed by atoms with Gasteiger partial charge < -0.3 is 4.90 Å². The van der Waals surface area contributed by atoms with E-state index in [-0.39, 0.29) is 18.1 Å². The Morgan fingerprint density at radius 3 is 2.79 bits per heavy atom. The smallest absolute Gasteiger partial charge is 0.356 e. The molecular formula is C11H13ClF3N3S. The molecular weight excluding hydrogens is 299 g/mol.